The van der Waals surface area contributed by atoms with Gasteiger partial charge in [-0.15, -0.1) is 0 Å². The average Bonchev–Trinajstić information content (AvgIpc) is 2.44. The summed E-state index contributed by atoms with van der Waals surface area (Å²) in [7, 11) is 0. The Hall–Kier alpha value is -1.96. The van der Waals surface area contributed by atoms with Gasteiger partial charge in [0.05, 0.1) is 0 Å². The number of rotatable bonds is 6. The number of nitrogens with one attached hydrogen (secondary N) is 2. The van der Waals surface area contributed by atoms with E-state index in [0.717, 1.165) is 0 Å². The summed E-state index contributed by atoms with van der Waals surface area (Å²) in [6.45, 7) is 1.00. The number of hydrogen-bond acceptors (Lipinski definition) is 3. The van der Waals surface area contributed by atoms with E-state index in [4.69, 9.17) is 16.3 Å². The molecular weight excluding hydrogens is 325 g/mol. The van der Waals surface area contributed by atoms with Gasteiger partial charge in [0.25, 0.3) is 5.91 Å². The molecular formula is C13H14ClF3N2O3. The number of benzene rings is 1. The number of hydrogen-bond donors (Lipinski definition) is 2. The lowest BCUT2D eigenvalue weighted by molar-refractivity contribution is -0.173. The van der Waals surface area contributed by atoms with Crippen LogP contribution in [0.2, 0.25) is 5.02 Å². The smallest absolute Gasteiger partial charge is 0.471 e. The highest BCUT2D eigenvalue weighted by Crippen LogP contribution is 2.16. The third-order valence-corrected chi connectivity index (χ3v) is 2.71. The van der Waals surface area contributed by atoms with E-state index in [1.807, 2.05) is 0 Å². The lowest BCUT2D eigenvalue weighted by Crippen LogP contribution is -2.43. The molecule has 2 N–H and O–H groups in total. The number of halogens is 4. The van der Waals surface area contributed by atoms with Gasteiger partial charge >= 0.3 is 12.1 Å². The van der Waals surface area contributed by atoms with Crippen LogP contribution in [0.5, 0.6) is 5.75 Å². The minimum absolute atomic E-state index is 0.144. The molecule has 0 saturated heterocycles. The van der Waals surface area contributed by atoms with E-state index in [2.05, 4.69) is 5.32 Å². The number of amides is 2. The predicted octanol–water partition coefficient (Wildman–Crippen LogP) is 1.90. The van der Waals surface area contributed by atoms with Gasteiger partial charge in [0.1, 0.15) is 5.75 Å². The summed E-state index contributed by atoms with van der Waals surface area (Å²) < 4.78 is 41.0. The fourth-order valence-corrected chi connectivity index (χ4v) is 1.50. The second-order valence-corrected chi connectivity index (χ2v) is 4.70. The Morgan fingerprint density at radius 2 is 1.73 bits per heavy atom. The fourth-order valence-electron chi connectivity index (χ4n) is 1.38. The van der Waals surface area contributed by atoms with Crippen LogP contribution in [0.25, 0.3) is 0 Å². The molecule has 0 aliphatic carbocycles. The van der Waals surface area contributed by atoms with Crippen molar-refractivity contribution < 1.29 is 27.5 Å². The van der Waals surface area contributed by atoms with E-state index in [0.29, 0.717) is 10.8 Å². The standard InChI is InChI=1S/C13H14ClF3N2O3/c1-8(22-10-4-2-9(14)3-5-10)11(20)18-6-7-19-12(21)13(15,16)17/h2-5,8H,6-7H2,1H3,(H,18,20)(H,19,21). The summed E-state index contributed by atoms with van der Waals surface area (Å²) in [5, 5.41) is 4.51. The zero-order valence-electron chi connectivity index (χ0n) is 11.5. The van der Waals surface area contributed by atoms with Gasteiger partial charge in [-0.05, 0) is 31.2 Å². The Labute approximate surface area is 129 Å². The molecule has 1 rings (SSSR count). The topological polar surface area (TPSA) is 67.4 Å². The molecule has 0 saturated carbocycles. The summed E-state index contributed by atoms with van der Waals surface area (Å²) in [6.07, 6.45) is -5.78. The second kappa shape index (κ2) is 7.88. The fraction of sp³-hybridized carbons (Fsp3) is 0.385. The molecule has 2 amide bonds. The molecule has 1 atom stereocenters. The number of alkyl halides is 3. The first-order valence-corrected chi connectivity index (χ1v) is 6.63. The zero-order chi connectivity index (χ0) is 16.8. The van der Waals surface area contributed by atoms with Crippen molar-refractivity contribution in [3.63, 3.8) is 0 Å². The van der Waals surface area contributed by atoms with Crippen LogP contribution in [0.3, 0.4) is 0 Å². The van der Waals surface area contributed by atoms with Gasteiger partial charge in [0.2, 0.25) is 0 Å². The highest BCUT2D eigenvalue weighted by atomic mass is 35.5. The van der Waals surface area contributed by atoms with Crippen LogP contribution in [-0.2, 0) is 9.59 Å². The Morgan fingerprint density at radius 1 is 1.18 bits per heavy atom. The highest BCUT2D eigenvalue weighted by Gasteiger charge is 2.38. The molecule has 1 aromatic carbocycles. The SMILES string of the molecule is CC(Oc1ccc(Cl)cc1)C(=O)NCCNC(=O)C(F)(F)F. The van der Waals surface area contributed by atoms with Gasteiger partial charge in [-0.2, -0.15) is 13.2 Å². The summed E-state index contributed by atoms with van der Waals surface area (Å²) in [4.78, 5) is 22.2. The van der Waals surface area contributed by atoms with E-state index in [-0.39, 0.29) is 13.1 Å². The minimum atomic E-state index is -4.94. The van der Waals surface area contributed by atoms with Crippen molar-refractivity contribution in [2.24, 2.45) is 0 Å². The van der Waals surface area contributed by atoms with Crippen LogP contribution in [-0.4, -0.2) is 37.2 Å². The molecule has 9 heteroatoms. The summed E-state index contributed by atoms with van der Waals surface area (Å²) >= 11 is 5.70. The monoisotopic (exact) mass is 338 g/mol. The predicted molar refractivity (Wildman–Crippen MR) is 73.6 cm³/mol. The minimum Gasteiger partial charge on any atom is -0.481 e. The second-order valence-electron chi connectivity index (χ2n) is 4.26. The molecule has 0 heterocycles. The van der Waals surface area contributed by atoms with E-state index in [9.17, 15) is 22.8 Å². The van der Waals surface area contributed by atoms with E-state index in [1.54, 1.807) is 29.6 Å². The Morgan fingerprint density at radius 3 is 2.27 bits per heavy atom. The molecule has 0 spiro atoms. The molecule has 5 nitrogen and oxygen atoms in total. The normalized spacial score (nSPS) is 12.4. The van der Waals surface area contributed by atoms with Crippen LogP contribution in [0.4, 0.5) is 13.2 Å². The van der Waals surface area contributed by atoms with Gasteiger partial charge in [-0.3, -0.25) is 9.59 Å². The number of ether oxygens (including phenoxy) is 1. The van der Waals surface area contributed by atoms with Crippen molar-refractivity contribution in [1.82, 2.24) is 10.6 Å². The molecule has 0 aliphatic rings. The molecule has 22 heavy (non-hydrogen) atoms. The van der Waals surface area contributed by atoms with Crippen LogP contribution in [0.15, 0.2) is 24.3 Å². The Kier molecular flexibility index (Phi) is 6.48. The Balaban J connectivity index is 2.30. The van der Waals surface area contributed by atoms with Crippen molar-refractivity contribution in [2.75, 3.05) is 13.1 Å². The average molecular weight is 339 g/mol. The van der Waals surface area contributed by atoms with Crippen molar-refractivity contribution in [3.05, 3.63) is 29.3 Å². The van der Waals surface area contributed by atoms with Gasteiger partial charge < -0.3 is 15.4 Å². The molecule has 1 unspecified atom stereocenters. The van der Waals surface area contributed by atoms with E-state index in [1.165, 1.54) is 6.92 Å². The van der Waals surface area contributed by atoms with Crippen molar-refractivity contribution in [1.29, 1.82) is 0 Å². The van der Waals surface area contributed by atoms with E-state index >= 15 is 0 Å². The first-order chi connectivity index (χ1) is 10.2. The van der Waals surface area contributed by atoms with Crippen LogP contribution >= 0.6 is 11.6 Å². The van der Waals surface area contributed by atoms with Crippen LogP contribution in [0.1, 0.15) is 6.92 Å². The Bertz CT molecular complexity index is 520. The van der Waals surface area contributed by atoms with Crippen molar-refractivity contribution >= 4 is 23.4 Å². The molecule has 0 aliphatic heterocycles. The quantitative estimate of drug-likeness (QED) is 0.779. The van der Waals surface area contributed by atoms with Crippen LogP contribution in [0, 0.1) is 0 Å². The first-order valence-electron chi connectivity index (χ1n) is 6.25. The van der Waals surface area contributed by atoms with Gasteiger partial charge in [0, 0.05) is 18.1 Å². The maximum Gasteiger partial charge on any atom is 0.471 e. The molecule has 0 radical (unpaired) electrons. The largest absolute Gasteiger partial charge is 0.481 e. The zero-order valence-corrected chi connectivity index (χ0v) is 12.3. The molecule has 0 aromatic heterocycles. The van der Waals surface area contributed by atoms with Crippen molar-refractivity contribution in [3.8, 4) is 5.75 Å². The van der Waals surface area contributed by atoms with Crippen molar-refractivity contribution in [2.45, 2.75) is 19.2 Å². The summed E-state index contributed by atoms with van der Waals surface area (Å²) in [5.41, 5.74) is 0. The summed E-state index contributed by atoms with van der Waals surface area (Å²) in [5.74, 6) is -2.14. The molecule has 0 bridgehead atoms. The maximum atomic E-state index is 11.9. The molecule has 122 valence electrons. The lowest BCUT2D eigenvalue weighted by Gasteiger charge is -2.15. The third kappa shape index (κ3) is 6.21. The van der Waals surface area contributed by atoms with E-state index < -0.39 is 24.1 Å². The molecule has 0 fully saturated rings. The third-order valence-electron chi connectivity index (χ3n) is 2.46. The summed E-state index contributed by atoms with van der Waals surface area (Å²) in [6, 6.07) is 6.34. The van der Waals surface area contributed by atoms with Gasteiger partial charge in [0.15, 0.2) is 6.10 Å². The van der Waals surface area contributed by atoms with Gasteiger partial charge in [-0.1, -0.05) is 11.6 Å². The number of carbonyl (C=O) groups is 2. The molecule has 1 aromatic rings. The first kappa shape index (κ1) is 18.1. The maximum absolute atomic E-state index is 11.9. The van der Waals surface area contributed by atoms with Crippen LogP contribution < -0.4 is 15.4 Å². The number of carbonyl (C=O) groups excluding carboxylic acids is 2. The van der Waals surface area contributed by atoms with Gasteiger partial charge in [-0.25, -0.2) is 0 Å². The lowest BCUT2D eigenvalue weighted by atomic mass is 10.3. The highest BCUT2D eigenvalue weighted by molar-refractivity contribution is 6.30.